The Kier molecular flexibility index (Phi) is 4.60. The molecule has 0 saturated carbocycles. The van der Waals surface area contributed by atoms with Gasteiger partial charge in [0.25, 0.3) is 5.56 Å². The second kappa shape index (κ2) is 6.06. The molecule has 0 aliphatic heterocycles. The molecule has 0 aromatic carbocycles. The molecule has 0 N–H and O–H groups in total. The summed E-state index contributed by atoms with van der Waals surface area (Å²) in [4.78, 5) is 21.7. The van der Waals surface area contributed by atoms with Crippen LogP contribution in [-0.2, 0) is 13.1 Å². The normalized spacial score (nSPS) is 11.7. The van der Waals surface area contributed by atoms with Gasteiger partial charge in [-0.25, -0.2) is 4.98 Å². The van der Waals surface area contributed by atoms with Crippen LogP contribution in [0.25, 0.3) is 10.2 Å². The van der Waals surface area contributed by atoms with Gasteiger partial charge in [0.05, 0.1) is 11.9 Å². The zero-order valence-electron chi connectivity index (χ0n) is 13.0. The molecule has 5 heteroatoms. The van der Waals surface area contributed by atoms with E-state index >= 15 is 0 Å². The van der Waals surface area contributed by atoms with Gasteiger partial charge < -0.3 is 4.90 Å². The monoisotopic (exact) mass is 293 g/mol. The van der Waals surface area contributed by atoms with Crippen molar-refractivity contribution in [1.29, 1.82) is 0 Å². The molecule has 0 radical (unpaired) electrons. The van der Waals surface area contributed by atoms with E-state index in [0.29, 0.717) is 6.54 Å². The number of hydrogen-bond acceptors (Lipinski definition) is 4. The fourth-order valence-corrected chi connectivity index (χ4v) is 3.36. The Morgan fingerprint density at radius 3 is 2.60 bits per heavy atom. The van der Waals surface area contributed by atoms with Gasteiger partial charge in [-0.05, 0) is 39.9 Å². The van der Waals surface area contributed by atoms with Crippen molar-refractivity contribution in [3.8, 4) is 0 Å². The van der Waals surface area contributed by atoms with Crippen molar-refractivity contribution < 1.29 is 0 Å². The molecule has 2 heterocycles. The van der Waals surface area contributed by atoms with Gasteiger partial charge in [0.1, 0.15) is 10.7 Å². The minimum absolute atomic E-state index is 0.127. The topological polar surface area (TPSA) is 38.1 Å². The molecule has 0 atom stereocenters. The Bertz CT molecular complexity index is 670. The third-order valence-corrected chi connectivity index (χ3v) is 4.66. The lowest BCUT2D eigenvalue weighted by Crippen LogP contribution is -2.28. The number of nitrogens with zero attached hydrogens (tertiary/aromatic N) is 3. The highest BCUT2D eigenvalue weighted by molar-refractivity contribution is 7.18. The van der Waals surface area contributed by atoms with Gasteiger partial charge in [-0.2, -0.15) is 0 Å². The van der Waals surface area contributed by atoms with Gasteiger partial charge in [-0.15, -0.1) is 11.3 Å². The summed E-state index contributed by atoms with van der Waals surface area (Å²) >= 11 is 1.62. The zero-order valence-corrected chi connectivity index (χ0v) is 13.8. The highest BCUT2D eigenvalue weighted by Gasteiger charge is 2.16. The van der Waals surface area contributed by atoms with E-state index in [1.807, 2.05) is 25.6 Å². The van der Waals surface area contributed by atoms with Crippen molar-refractivity contribution in [2.45, 2.75) is 46.7 Å². The summed E-state index contributed by atoms with van der Waals surface area (Å²) in [5.74, 6) is 0.877. The van der Waals surface area contributed by atoms with Crippen LogP contribution in [0.1, 0.15) is 36.0 Å². The van der Waals surface area contributed by atoms with E-state index in [0.717, 1.165) is 41.0 Å². The predicted octanol–water partition coefficient (Wildman–Crippen LogP) is 2.94. The average molecular weight is 293 g/mol. The molecule has 2 aromatic rings. The maximum absolute atomic E-state index is 12.8. The quantitative estimate of drug-likeness (QED) is 0.850. The standard InChI is InChI=1S/C15H23N3OS/c1-6-7-8-18-12(9-17(4)5)16-14-13(15(18)19)10(2)11(3)20-14/h6-9H2,1-5H3. The van der Waals surface area contributed by atoms with Crippen LogP contribution in [0.4, 0.5) is 0 Å². The molecule has 2 rings (SSSR count). The zero-order chi connectivity index (χ0) is 14.9. The fourth-order valence-electron chi connectivity index (χ4n) is 2.32. The highest BCUT2D eigenvalue weighted by atomic mass is 32.1. The van der Waals surface area contributed by atoms with Crippen molar-refractivity contribution in [2.24, 2.45) is 0 Å². The summed E-state index contributed by atoms with van der Waals surface area (Å²) in [6.07, 6.45) is 2.09. The maximum atomic E-state index is 12.8. The largest absolute Gasteiger partial charge is 0.302 e. The van der Waals surface area contributed by atoms with Crippen LogP contribution in [0.3, 0.4) is 0 Å². The van der Waals surface area contributed by atoms with E-state index in [2.05, 4.69) is 18.7 Å². The van der Waals surface area contributed by atoms with Crippen LogP contribution >= 0.6 is 11.3 Å². The molecule has 0 unspecified atom stereocenters. The van der Waals surface area contributed by atoms with Crippen LogP contribution in [0.15, 0.2) is 4.79 Å². The van der Waals surface area contributed by atoms with E-state index in [4.69, 9.17) is 4.98 Å². The van der Waals surface area contributed by atoms with Gasteiger partial charge in [0.2, 0.25) is 0 Å². The van der Waals surface area contributed by atoms with E-state index in [1.54, 1.807) is 11.3 Å². The first-order chi connectivity index (χ1) is 9.45. The number of rotatable bonds is 5. The molecule has 4 nitrogen and oxygen atoms in total. The van der Waals surface area contributed by atoms with Crippen molar-refractivity contribution in [2.75, 3.05) is 14.1 Å². The molecule has 0 aliphatic rings. The first kappa shape index (κ1) is 15.2. The summed E-state index contributed by atoms with van der Waals surface area (Å²) in [6.45, 7) is 7.68. The van der Waals surface area contributed by atoms with Gasteiger partial charge in [0, 0.05) is 11.4 Å². The second-order valence-corrected chi connectivity index (χ2v) is 6.74. The minimum atomic E-state index is 0.127. The Labute approximate surface area is 124 Å². The van der Waals surface area contributed by atoms with Crippen molar-refractivity contribution in [1.82, 2.24) is 14.5 Å². The molecular formula is C15H23N3OS. The Balaban J connectivity index is 2.66. The first-order valence-corrected chi connectivity index (χ1v) is 7.91. The Morgan fingerprint density at radius 2 is 2.00 bits per heavy atom. The molecule has 2 aromatic heterocycles. The predicted molar refractivity (Wildman–Crippen MR) is 85.7 cm³/mol. The van der Waals surface area contributed by atoms with Crippen LogP contribution in [0.2, 0.25) is 0 Å². The number of aromatic nitrogens is 2. The van der Waals surface area contributed by atoms with Crippen LogP contribution in [-0.4, -0.2) is 28.5 Å². The van der Waals surface area contributed by atoms with Crippen molar-refractivity contribution >= 4 is 21.6 Å². The maximum Gasteiger partial charge on any atom is 0.262 e. The molecule has 0 fully saturated rings. The van der Waals surface area contributed by atoms with Gasteiger partial charge >= 0.3 is 0 Å². The summed E-state index contributed by atoms with van der Waals surface area (Å²) < 4.78 is 1.87. The van der Waals surface area contributed by atoms with Gasteiger partial charge in [-0.1, -0.05) is 13.3 Å². The minimum Gasteiger partial charge on any atom is -0.302 e. The summed E-state index contributed by atoms with van der Waals surface area (Å²) in [5.41, 5.74) is 1.21. The molecule has 110 valence electrons. The number of thiophene rings is 1. The van der Waals surface area contributed by atoms with Crippen LogP contribution < -0.4 is 5.56 Å². The van der Waals surface area contributed by atoms with Gasteiger partial charge in [0.15, 0.2) is 0 Å². The molecule has 0 saturated heterocycles. The van der Waals surface area contributed by atoms with E-state index in [1.165, 1.54) is 4.88 Å². The third-order valence-electron chi connectivity index (χ3n) is 3.56. The molecule has 0 aliphatic carbocycles. The van der Waals surface area contributed by atoms with Gasteiger partial charge in [-0.3, -0.25) is 9.36 Å². The highest BCUT2D eigenvalue weighted by Crippen LogP contribution is 2.26. The summed E-state index contributed by atoms with van der Waals surface area (Å²) in [7, 11) is 4.01. The fraction of sp³-hybridized carbons (Fsp3) is 0.600. The lowest BCUT2D eigenvalue weighted by atomic mass is 10.2. The first-order valence-electron chi connectivity index (χ1n) is 7.09. The van der Waals surface area contributed by atoms with Crippen molar-refractivity contribution in [3.63, 3.8) is 0 Å². The summed E-state index contributed by atoms with van der Waals surface area (Å²) in [6, 6.07) is 0. The molecule has 20 heavy (non-hydrogen) atoms. The van der Waals surface area contributed by atoms with Crippen LogP contribution in [0, 0.1) is 13.8 Å². The van der Waals surface area contributed by atoms with E-state index < -0.39 is 0 Å². The number of hydrogen-bond donors (Lipinski definition) is 0. The number of fused-ring (bicyclic) bond motifs is 1. The molecule has 0 spiro atoms. The lowest BCUT2D eigenvalue weighted by molar-refractivity contribution is 0.375. The van der Waals surface area contributed by atoms with E-state index in [-0.39, 0.29) is 5.56 Å². The number of aryl methyl sites for hydroxylation is 2. The third kappa shape index (κ3) is 2.79. The molecule has 0 amide bonds. The van der Waals surface area contributed by atoms with Crippen LogP contribution in [0.5, 0.6) is 0 Å². The van der Waals surface area contributed by atoms with E-state index in [9.17, 15) is 4.79 Å². The lowest BCUT2D eigenvalue weighted by Gasteiger charge is -2.15. The molecule has 0 bridgehead atoms. The summed E-state index contributed by atoms with van der Waals surface area (Å²) in [5, 5.41) is 0.811. The molecular weight excluding hydrogens is 270 g/mol. The van der Waals surface area contributed by atoms with Crippen molar-refractivity contribution in [3.05, 3.63) is 26.6 Å². The Hall–Kier alpha value is -1.20. The second-order valence-electron chi connectivity index (χ2n) is 5.54. The smallest absolute Gasteiger partial charge is 0.262 e. The SMILES string of the molecule is CCCCn1c(CN(C)C)nc2sc(C)c(C)c2c1=O. The average Bonchev–Trinajstić information content (AvgIpc) is 2.64. The number of unbranched alkanes of at least 4 members (excludes halogenated alkanes) is 1. The Morgan fingerprint density at radius 1 is 1.30 bits per heavy atom.